The molecular weight excluding hydrogens is 323 g/mol. The van der Waals surface area contributed by atoms with Crippen molar-refractivity contribution in [3.8, 4) is 5.75 Å². The lowest BCUT2D eigenvalue weighted by atomic mass is 9.94. The van der Waals surface area contributed by atoms with Crippen LogP contribution in [-0.4, -0.2) is 52.2 Å². The molecule has 1 heterocycles. The van der Waals surface area contributed by atoms with Crippen molar-refractivity contribution in [2.45, 2.75) is 19.1 Å². The number of halogens is 3. The van der Waals surface area contributed by atoms with Crippen LogP contribution in [0.4, 0.5) is 13.2 Å². The third-order valence-corrected chi connectivity index (χ3v) is 3.26. The van der Waals surface area contributed by atoms with Gasteiger partial charge in [-0.1, -0.05) is 0 Å². The molecule has 0 spiro atoms. The van der Waals surface area contributed by atoms with Crippen molar-refractivity contribution in [1.29, 1.82) is 0 Å². The molecule has 1 aliphatic heterocycles. The zero-order valence-corrected chi connectivity index (χ0v) is 11.9. The molecule has 1 aliphatic rings. The Balaban J connectivity index is 0.00000127. The fourth-order valence-electron chi connectivity index (χ4n) is 2.30. The smallest absolute Gasteiger partial charge is 0.471 e. The molecule has 0 unspecified atom stereocenters. The van der Waals surface area contributed by atoms with E-state index in [4.69, 9.17) is 10.5 Å². The van der Waals surface area contributed by atoms with E-state index in [1.54, 1.807) is 0 Å². The summed E-state index contributed by atoms with van der Waals surface area (Å²) in [7, 11) is 1.13. The number of aromatic hydroxyl groups is 1. The fraction of sp³-hybridized carbons (Fsp3) is 0.385. The molecule has 0 aliphatic carbocycles. The summed E-state index contributed by atoms with van der Waals surface area (Å²) in [6.07, 6.45) is -4.84. The number of benzene rings is 1. The number of ether oxygens (including phenoxy) is 1. The maximum atomic E-state index is 12.5. The first-order valence-corrected chi connectivity index (χ1v) is 6.23. The molecule has 0 fully saturated rings. The molecule has 2 rings (SSSR count). The number of methoxy groups -OCH3 is 1. The van der Waals surface area contributed by atoms with E-state index < -0.39 is 18.1 Å². The highest BCUT2D eigenvalue weighted by molar-refractivity contribution is 5.92. The van der Waals surface area contributed by atoms with Gasteiger partial charge in [-0.2, -0.15) is 13.2 Å². The molecule has 0 radical (unpaired) electrons. The predicted molar refractivity (Wildman–Crippen MR) is 69.9 cm³/mol. The van der Waals surface area contributed by atoms with E-state index in [0.717, 1.165) is 13.2 Å². The molecule has 0 atom stereocenters. The third-order valence-electron chi connectivity index (χ3n) is 3.26. The number of phenols is 1. The number of rotatable bonds is 1. The standard InChI is InChI=1S/C13H12F3NO4.H2O2/c1-21-11(19)9-5-8(18)4-7-2-3-17(6-10(7)9)12(20)13(14,15)16;1-2/h4-5,18H,2-3,6H2,1H3;1-2H. The van der Waals surface area contributed by atoms with Crippen LogP contribution < -0.4 is 0 Å². The van der Waals surface area contributed by atoms with E-state index in [0.29, 0.717) is 10.5 Å². The summed E-state index contributed by atoms with van der Waals surface area (Å²) >= 11 is 0. The number of esters is 1. The van der Waals surface area contributed by atoms with E-state index in [1.165, 1.54) is 6.07 Å². The van der Waals surface area contributed by atoms with Crippen molar-refractivity contribution in [2.75, 3.05) is 13.7 Å². The average molecular weight is 337 g/mol. The number of phenolic OH excluding ortho intramolecular Hbond substituents is 1. The molecule has 128 valence electrons. The van der Waals surface area contributed by atoms with Gasteiger partial charge in [0.25, 0.3) is 0 Å². The zero-order valence-electron chi connectivity index (χ0n) is 11.9. The molecule has 23 heavy (non-hydrogen) atoms. The summed E-state index contributed by atoms with van der Waals surface area (Å²) in [6, 6.07) is 2.49. The lowest BCUT2D eigenvalue weighted by Crippen LogP contribution is -2.44. The van der Waals surface area contributed by atoms with E-state index in [9.17, 15) is 27.9 Å². The first kappa shape index (κ1) is 18.7. The van der Waals surface area contributed by atoms with Gasteiger partial charge in [-0.05, 0) is 29.7 Å². The summed E-state index contributed by atoms with van der Waals surface area (Å²) in [5.74, 6) is -2.90. The molecule has 0 saturated heterocycles. The Labute approximate surface area is 128 Å². The van der Waals surface area contributed by atoms with Crippen LogP contribution in [0.2, 0.25) is 0 Å². The summed E-state index contributed by atoms with van der Waals surface area (Å²) in [4.78, 5) is 23.6. The highest BCUT2D eigenvalue weighted by Gasteiger charge is 2.43. The number of carbonyl (C=O) groups excluding carboxylic acids is 2. The number of nitrogens with zero attached hydrogens (tertiary/aromatic N) is 1. The molecule has 10 heteroatoms. The van der Waals surface area contributed by atoms with Crippen molar-refractivity contribution < 1.29 is 43.1 Å². The van der Waals surface area contributed by atoms with E-state index in [1.807, 2.05) is 0 Å². The molecule has 0 saturated carbocycles. The third kappa shape index (κ3) is 4.11. The Morgan fingerprint density at radius 2 is 1.87 bits per heavy atom. The average Bonchev–Trinajstić information content (AvgIpc) is 2.53. The van der Waals surface area contributed by atoms with E-state index in [2.05, 4.69) is 4.74 Å². The van der Waals surface area contributed by atoms with Crippen LogP contribution in [0.1, 0.15) is 21.5 Å². The van der Waals surface area contributed by atoms with Gasteiger partial charge >= 0.3 is 18.1 Å². The van der Waals surface area contributed by atoms with E-state index in [-0.39, 0.29) is 36.4 Å². The summed E-state index contributed by atoms with van der Waals surface area (Å²) in [5.41, 5.74) is 0.761. The van der Waals surface area contributed by atoms with Gasteiger partial charge in [0, 0.05) is 13.1 Å². The first-order valence-electron chi connectivity index (χ1n) is 6.23. The highest BCUT2D eigenvalue weighted by atomic mass is 19.4. The van der Waals surface area contributed by atoms with Crippen LogP contribution in [0, 0.1) is 0 Å². The van der Waals surface area contributed by atoms with Crippen molar-refractivity contribution >= 4 is 11.9 Å². The first-order chi connectivity index (χ1) is 10.7. The number of amides is 1. The van der Waals surface area contributed by atoms with E-state index >= 15 is 0 Å². The van der Waals surface area contributed by atoms with Crippen molar-refractivity contribution in [1.82, 2.24) is 4.90 Å². The monoisotopic (exact) mass is 337 g/mol. The summed E-state index contributed by atoms with van der Waals surface area (Å²) in [5, 5.41) is 21.5. The van der Waals surface area contributed by atoms with Gasteiger partial charge in [0.05, 0.1) is 12.7 Å². The quantitative estimate of drug-likeness (QED) is 0.409. The Morgan fingerprint density at radius 3 is 2.39 bits per heavy atom. The Hall–Kier alpha value is -2.33. The Bertz CT molecular complexity index is 602. The van der Waals surface area contributed by atoms with Crippen LogP contribution in [-0.2, 0) is 22.5 Å². The van der Waals surface area contributed by atoms with Crippen LogP contribution in [0.5, 0.6) is 5.75 Å². The minimum absolute atomic E-state index is 0.0350. The van der Waals surface area contributed by atoms with Gasteiger partial charge in [-0.3, -0.25) is 15.3 Å². The Kier molecular flexibility index (Phi) is 5.93. The van der Waals surface area contributed by atoms with Crippen molar-refractivity contribution in [3.63, 3.8) is 0 Å². The van der Waals surface area contributed by atoms with Crippen LogP contribution in [0.15, 0.2) is 12.1 Å². The highest BCUT2D eigenvalue weighted by Crippen LogP contribution is 2.30. The molecule has 3 N–H and O–H groups in total. The molecule has 0 bridgehead atoms. The molecule has 1 amide bonds. The molecule has 0 aromatic heterocycles. The summed E-state index contributed by atoms with van der Waals surface area (Å²) < 4.78 is 42.0. The molecule has 1 aromatic rings. The number of carbonyl (C=O) groups is 2. The molecular formula is C13H14F3NO6. The van der Waals surface area contributed by atoms with Crippen LogP contribution in [0.3, 0.4) is 0 Å². The second-order valence-corrected chi connectivity index (χ2v) is 4.60. The fourth-order valence-corrected chi connectivity index (χ4v) is 2.30. The SMILES string of the molecule is COC(=O)c1cc(O)cc2c1CN(C(=O)C(F)(F)F)CC2.OO. The van der Waals surface area contributed by atoms with Gasteiger partial charge in [-0.15, -0.1) is 0 Å². The number of alkyl halides is 3. The normalized spacial score (nSPS) is 13.6. The van der Waals surface area contributed by atoms with Crippen LogP contribution >= 0.6 is 0 Å². The van der Waals surface area contributed by atoms with Gasteiger partial charge in [0.2, 0.25) is 0 Å². The zero-order chi connectivity index (χ0) is 17.8. The minimum atomic E-state index is -4.96. The largest absolute Gasteiger partial charge is 0.508 e. The topological polar surface area (TPSA) is 107 Å². The van der Waals surface area contributed by atoms with Gasteiger partial charge in [0.1, 0.15) is 5.75 Å². The minimum Gasteiger partial charge on any atom is -0.508 e. The predicted octanol–water partition coefficient (Wildman–Crippen LogP) is 1.64. The molecule has 1 aromatic carbocycles. The van der Waals surface area contributed by atoms with Crippen molar-refractivity contribution in [3.05, 3.63) is 28.8 Å². The second-order valence-electron chi connectivity index (χ2n) is 4.60. The number of hydrogen-bond donors (Lipinski definition) is 3. The Morgan fingerprint density at radius 1 is 1.26 bits per heavy atom. The second kappa shape index (κ2) is 7.29. The maximum absolute atomic E-state index is 12.5. The van der Waals surface area contributed by atoms with Gasteiger partial charge in [-0.25, -0.2) is 4.79 Å². The van der Waals surface area contributed by atoms with Crippen LogP contribution in [0.25, 0.3) is 0 Å². The lowest BCUT2D eigenvalue weighted by molar-refractivity contribution is -0.186. The maximum Gasteiger partial charge on any atom is 0.471 e. The van der Waals surface area contributed by atoms with Crippen molar-refractivity contribution in [2.24, 2.45) is 0 Å². The summed E-state index contributed by atoms with van der Waals surface area (Å²) in [6.45, 7) is -0.478. The number of fused-ring (bicyclic) bond motifs is 1. The lowest BCUT2D eigenvalue weighted by Gasteiger charge is -2.30. The molecule has 7 nitrogen and oxygen atoms in total. The van der Waals surface area contributed by atoms with Gasteiger partial charge in [0.15, 0.2) is 0 Å². The van der Waals surface area contributed by atoms with Gasteiger partial charge < -0.3 is 14.7 Å². The number of hydrogen-bond acceptors (Lipinski definition) is 6.